The predicted octanol–water partition coefficient (Wildman–Crippen LogP) is 2.71. The van der Waals surface area contributed by atoms with E-state index in [0.29, 0.717) is 26.3 Å². The molecule has 0 unspecified atom stereocenters. The molecule has 1 aromatic carbocycles. The van der Waals surface area contributed by atoms with Gasteiger partial charge in [0.2, 0.25) is 0 Å². The van der Waals surface area contributed by atoms with E-state index in [1.165, 1.54) is 6.07 Å². The van der Waals surface area contributed by atoms with Crippen LogP contribution in [0.4, 0.5) is 13.6 Å². The minimum absolute atomic E-state index is 0.0194. The number of hydrogen-bond acceptors (Lipinski definition) is 5. The molecule has 8 nitrogen and oxygen atoms in total. The highest BCUT2D eigenvalue weighted by Crippen LogP contribution is 2.30. The van der Waals surface area contributed by atoms with E-state index in [9.17, 15) is 13.6 Å². The van der Waals surface area contributed by atoms with Crippen LogP contribution in [-0.4, -0.2) is 55.9 Å². The van der Waals surface area contributed by atoms with Gasteiger partial charge in [-0.1, -0.05) is 6.07 Å². The number of ether oxygens (including phenoxy) is 3. The van der Waals surface area contributed by atoms with Crippen molar-refractivity contribution >= 4 is 12.1 Å². The molecule has 1 heterocycles. The number of nitrogens with zero attached hydrogens (tertiary/aromatic N) is 2. The van der Waals surface area contributed by atoms with E-state index in [-0.39, 0.29) is 36.1 Å². The summed E-state index contributed by atoms with van der Waals surface area (Å²) in [7, 11) is 0. The molecule has 0 saturated carbocycles. The summed E-state index contributed by atoms with van der Waals surface area (Å²) >= 11 is 0. The van der Waals surface area contributed by atoms with Crippen LogP contribution in [0.1, 0.15) is 32.3 Å². The first-order valence-corrected chi connectivity index (χ1v) is 9.61. The van der Waals surface area contributed by atoms with Crippen molar-refractivity contribution in [1.29, 1.82) is 0 Å². The van der Waals surface area contributed by atoms with E-state index in [2.05, 4.69) is 15.0 Å². The second-order valence-electron chi connectivity index (χ2n) is 6.40. The minimum Gasteiger partial charge on any atom is -0.490 e. The van der Waals surface area contributed by atoms with E-state index in [1.807, 2.05) is 0 Å². The van der Waals surface area contributed by atoms with Crippen molar-refractivity contribution in [2.45, 2.75) is 45.9 Å². The van der Waals surface area contributed by atoms with Gasteiger partial charge < -0.3 is 30.2 Å². The van der Waals surface area contributed by atoms with Crippen LogP contribution < -0.4 is 20.5 Å². The fourth-order valence-electron chi connectivity index (χ4n) is 2.96. The van der Waals surface area contributed by atoms with Crippen LogP contribution in [0.3, 0.4) is 0 Å². The first-order valence-electron chi connectivity index (χ1n) is 9.61. The molecule has 1 aliphatic rings. The Kier molecular flexibility index (Phi) is 8.75. The van der Waals surface area contributed by atoms with Gasteiger partial charge in [0, 0.05) is 19.1 Å². The molecular weight excluding hydrogens is 386 g/mol. The number of piperidine rings is 1. The van der Waals surface area contributed by atoms with Gasteiger partial charge in [0.05, 0.1) is 19.8 Å². The fraction of sp³-hybridized carbons (Fsp3) is 0.579. The van der Waals surface area contributed by atoms with Crippen LogP contribution in [-0.2, 0) is 11.3 Å². The largest absolute Gasteiger partial charge is 0.490 e. The molecule has 1 fully saturated rings. The van der Waals surface area contributed by atoms with E-state index < -0.39 is 6.61 Å². The number of carbonyl (C=O) groups excluding carboxylic acids is 1. The number of carbonyl (C=O) groups is 1. The standard InChI is InChI=1S/C19H28F2N4O4/c1-3-27-16-11-13(5-6-15(16)29-17(20)21)12-23-18(22)24-14-7-9-25(10-8-14)19(26)28-4-2/h5-6,11,14,17H,3-4,7-10,12H2,1-2H3,(H3,22,23,24). The van der Waals surface area contributed by atoms with Crippen LogP contribution >= 0.6 is 0 Å². The van der Waals surface area contributed by atoms with Gasteiger partial charge >= 0.3 is 12.7 Å². The maximum atomic E-state index is 12.5. The Hall–Kier alpha value is -2.78. The SMILES string of the molecule is CCOC(=O)N1CCC(NC(N)=NCc2ccc(OC(F)F)c(OCC)c2)CC1. The number of aliphatic imine (C=N–C) groups is 1. The van der Waals surface area contributed by atoms with Gasteiger partial charge in [0.15, 0.2) is 17.5 Å². The number of guanidine groups is 1. The van der Waals surface area contributed by atoms with Gasteiger partial charge in [0.1, 0.15) is 0 Å². The van der Waals surface area contributed by atoms with Crippen LogP contribution in [0.15, 0.2) is 23.2 Å². The number of hydrogen-bond donors (Lipinski definition) is 2. The highest BCUT2D eigenvalue weighted by Gasteiger charge is 2.23. The van der Waals surface area contributed by atoms with Crippen LogP contribution in [0.25, 0.3) is 0 Å². The van der Waals surface area contributed by atoms with Crippen LogP contribution in [0.5, 0.6) is 11.5 Å². The first kappa shape index (κ1) is 22.5. The third-order valence-electron chi connectivity index (χ3n) is 4.33. The molecule has 162 valence electrons. The molecule has 0 spiro atoms. The van der Waals surface area contributed by atoms with E-state index in [0.717, 1.165) is 18.4 Å². The Morgan fingerprint density at radius 3 is 2.62 bits per heavy atom. The quantitative estimate of drug-likeness (QED) is 0.501. The minimum atomic E-state index is -2.92. The van der Waals surface area contributed by atoms with E-state index in [1.54, 1.807) is 30.9 Å². The van der Waals surface area contributed by atoms with Gasteiger partial charge in [-0.05, 0) is 44.4 Å². The average molecular weight is 414 g/mol. The molecule has 3 N–H and O–H groups in total. The summed E-state index contributed by atoms with van der Waals surface area (Å²) in [5.74, 6) is 0.498. The molecule has 29 heavy (non-hydrogen) atoms. The second kappa shape index (κ2) is 11.3. The Bertz CT molecular complexity index is 695. The molecule has 0 aromatic heterocycles. The van der Waals surface area contributed by atoms with Crippen molar-refractivity contribution in [2.24, 2.45) is 10.7 Å². The number of nitrogens with two attached hydrogens (primary N) is 1. The highest BCUT2D eigenvalue weighted by molar-refractivity contribution is 5.78. The third kappa shape index (κ3) is 7.28. The molecule has 1 aromatic rings. The maximum Gasteiger partial charge on any atom is 0.409 e. The first-order chi connectivity index (χ1) is 13.9. The summed E-state index contributed by atoms with van der Waals surface area (Å²) in [6, 6.07) is 4.78. The lowest BCUT2D eigenvalue weighted by Crippen LogP contribution is -2.48. The highest BCUT2D eigenvalue weighted by atomic mass is 19.3. The van der Waals surface area contributed by atoms with Crippen LogP contribution in [0, 0.1) is 0 Å². The van der Waals surface area contributed by atoms with E-state index >= 15 is 0 Å². The topological polar surface area (TPSA) is 98.4 Å². The summed E-state index contributed by atoms with van der Waals surface area (Å²) in [4.78, 5) is 17.7. The Morgan fingerprint density at radius 2 is 2.00 bits per heavy atom. The zero-order chi connectivity index (χ0) is 21.2. The average Bonchev–Trinajstić information content (AvgIpc) is 2.68. The molecule has 10 heteroatoms. The molecule has 2 rings (SSSR count). The lowest BCUT2D eigenvalue weighted by atomic mass is 10.1. The summed E-state index contributed by atoms with van der Waals surface area (Å²) in [5.41, 5.74) is 6.71. The maximum absolute atomic E-state index is 12.5. The molecule has 0 atom stereocenters. The van der Waals surface area contributed by atoms with Crippen molar-refractivity contribution in [1.82, 2.24) is 10.2 Å². The van der Waals surface area contributed by atoms with Crippen molar-refractivity contribution in [3.8, 4) is 11.5 Å². The molecule has 1 saturated heterocycles. The number of amides is 1. The summed E-state index contributed by atoms with van der Waals surface area (Å²) < 4.78 is 39.8. The van der Waals surface area contributed by atoms with Crippen molar-refractivity contribution < 1.29 is 27.8 Å². The molecule has 0 aliphatic carbocycles. The van der Waals surface area contributed by atoms with Crippen molar-refractivity contribution in [3.63, 3.8) is 0 Å². The lowest BCUT2D eigenvalue weighted by Gasteiger charge is -2.31. The van der Waals surface area contributed by atoms with Gasteiger partial charge in [-0.25, -0.2) is 9.79 Å². The lowest BCUT2D eigenvalue weighted by molar-refractivity contribution is -0.0514. The van der Waals surface area contributed by atoms with Gasteiger partial charge in [-0.3, -0.25) is 0 Å². The zero-order valence-electron chi connectivity index (χ0n) is 16.7. The number of alkyl halides is 2. The van der Waals surface area contributed by atoms with Crippen molar-refractivity contribution in [3.05, 3.63) is 23.8 Å². The van der Waals surface area contributed by atoms with Crippen LogP contribution in [0.2, 0.25) is 0 Å². The molecule has 1 amide bonds. The molecular formula is C19H28F2N4O4. The van der Waals surface area contributed by atoms with Crippen molar-refractivity contribution in [2.75, 3.05) is 26.3 Å². The smallest absolute Gasteiger partial charge is 0.409 e. The number of halogens is 2. The second-order valence-corrected chi connectivity index (χ2v) is 6.40. The Labute approximate surface area is 169 Å². The normalized spacial score (nSPS) is 15.3. The van der Waals surface area contributed by atoms with Gasteiger partial charge in [0.25, 0.3) is 0 Å². The summed E-state index contributed by atoms with van der Waals surface area (Å²) in [6.45, 7) is 2.73. The predicted molar refractivity (Wildman–Crippen MR) is 104 cm³/mol. The van der Waals surface area contributed by atoms with E-state index in [4.69, 9.17) is 15.2 Å². The number of likely N-dealkylation sites (tertiary alicyclic amines) is 1. The monoisotopic (exact) mass is 414 g/mol. The number of rotatable bonds is 8. The fourth-order valence-corrected chi connectivity index (χ4v) is 2.96. The van der Waals surface area contributed by atoms with Gasteiger partial charge in [-0.15, -0.1) is 0 Å². The third-order valence-corrected chi connectivity index (χ3v) is 4.33. The number of nitrogens with one attached hydrogen (secondary N) is 1. The summed E-state index contributed by atoms with van der Waals surface area (Å²) in [5, 5.41) is 3.15. The van der Waals surface area contributed by atoms with Gasteiger partial charge in [-0.2, -0.15) is 8.78 Å². The molecule has 1 aliphatic heterocycles. The molecule has 0 radical (unpaired) electrons. The Balaban J connectivity index is 1.88. The number of benzene rings is 1. The summed E-state index contributed by atoms with van der Waals surface area (Å²) in [6.07, 6.45) is 1.18. The molecule has 0 bridgehead atoms. The zero-order valence-corrected chi connectivity index (χ0v) is 16.7. The Morgan fingerprint density at radius 1 is 1.28 bits per heavy atom.